The average Bonchev–Trinajstić information content (AvgIpc) is 3.20. The SMILES string of the molecule is O=CC(O)n1c(=O)oc2c(N3CCN(Cc4cccc(-c5ccccc5)c4)CC3)cccc21. The number of para-hydroxylation sites is 1. The van der Waals surface area contributed by atoms with Crippen molar-refractivity contribution in [3.8, 4) is 11.1 Å². The number of aliphatic hydroxyl groups is 1. The van der Waals surface area contributed by atoms with E-state index in [1.807, 2.05) is 18.2 Å². The van der Waals surface area contributed by atoms with Crippen LogP contribution in [0.3, 0.4) is 0 Å². The molecule has 0 amide bonds. The van der Waals surface area contributed by atoms with Crippen LogP contribution in [0.2, 0.25) is 0 Å². The van der Waals surface area contributed by atoms with Crippen LogP contribution < -0.4 is 10.7 Å². The summed E-state index contributed by atoms with van der Waals surface area (Å²) >= 11 is 0. The Bertz CT molecular complexity index is 1320. The van der Waals surface area contributed by atoms with E-state index in [-0.39, 0.29) is 0 Å². The molecule has 2 heterocycles. The third-order valence-electron chi connectivity index (χ3n) is 6.16. The molecular weight excluding hydrogens is 418 g/mol. The Morgan fingerprint density at radius 3 is 2.39 bits per heavy atom. The third kappa shape index (κ3) is 4.20. The summed E-state index contributed by atoms with van der Waals surface area (Å²) in [5.41, 5.74) is 5.32. The lowest BCUT2D eigenvalue weighted by Gasteiger charge is -2.36. The first-order valence-electron chi connectivity index (χ1n) is 11.0. The minimum Gasteiger partial charge on any atom is -0.405 e. The number of carbonyl (C=O) groups is 1. The van der Waals surface area contributed by atoms with Crippen molar-refractivity contribution < 1.29 is 14.3 Å². The van der Waals surface area contributed by atoms with Gasteiger partial charge in [0.1, 0.15) is 0 Å². The van der Waals surface area contributed by atoms with E-state index in [4.69, 9.17) is 4.42 Å². The van der Waals surface area contributed by atoms with Crippen molar-refractivity contribution in [3.05, 3.63) is 88.9 Å². The monoisotopic (exact) mass is 443 g/mol. The van der Waals surface area contributed by atoms with Gasteiger partial charge < -0.3 is 14.4 Å². The summed E-state index contributed by atoms with van der Waals surface area (Å²) in [5.74, 6) is -0.742. The Morgan fingerprint density at radius 1 is 0.909 bits per heavy atom. The molecule has 7 heteroatoms. The molecule has 1 aliphatic rings. The lowest BCUT2D eigenvalue weighted by atomic mass is 10.0. The summed E-state index contributed by atoms with van der Waals surface area (Å²) in [6.07, 6.45) is -1.24. The number of piperazine rings is 1. The lowest BCUT2D eigenvalue weighted by Crippen LogP contribution is -2.46. The fourth-order valence-corrected chi connectivity index (χ4v) is 4.49. The molecule has 3 aromatic carbocycles. The van der Waals surface area contributed by atoms with Crippen molar-refractivity contribution in [1.29, 1.82) is 0 Å². The van der Waals surface area contributed by atoms with Crippen molar-refractivity contribution in [2.45, 2.75) is 12.8 Å². The first kappa shape index (κ1) is 21.2. The molecule has 1 saturated heterocycles. The molecule has 1 aliphatic heterocycles. The van der Waals surface area contributed by atoms with E-state index in [1.54, 1.807) is 6.07 Å². The van der Waals surface area contributed by atoms with E-state index < -0.39 is 12.0 Å². The molecule has 4 aromatic rings. The minimum atomic E-state index is -1.56. The van der Waals surface area contributed by atoms with Crippen molar-refractivity contribution >= 4 is 23.1 Å². The van der Waals surface area contributed by atoms with Crippen LogP contribution in [0.25, 0.3) is 22.2 Å². The molecule has 0 aliphatic carbocycles. The van der Waals surface area contributed by atoms with Crippen molar-refractivity contribution in [2.75, 3.05) is 31.1 Å². The number of benzene rings is 3. The summed E-state index contributed by atoms with van der Waals surface area (Å²) in [5, 5.41) is 9.88. The standard InChI is InChI=1S/C26H25N3O4/c30-18-24(31)29-23-11-5-10-22(25(23)33-26(29)32)28-14-12-27(13-15-28)17-19-6-4-9-21(16-19)20-7-2-1-3-8-20/h1-11,16,18,24,31H,12-15,17H2. The zero-order valence-corrected chi connectivity index (χ0v) is 18.1. The van der Waals surface area contributed by atoms with Crippen LogP contribution in [0, 0.1) is 0 Å². The van der Waals surface area contributed by atoms with E-state index in [0.29, 0.717) is 17.4 Å². The van der Waals surface area contributed by atoms with Gasteiger partial charge in [0.15, 0.2) is 18.1 Å². The molecule has 1 unspecified atom stereocenters. The normalized spacial score (nSPS) is 15.6. The number of fused-ring (bicyclic) bond motifs is 1. The average molecular weight is 444 g/mol. The molecule has 1 N–H and O–H groups in total. The molecule has 0 spiro atoms. The molecule has 1 fully saturated rings. The van der Waals surface area contributed by atoms with E-state index in [2.05, 4.69) is 58.3 Å². The van der Waals surface area contributed by atoms with Crippen LogP contribution in [0.5, 0.6) is 0 Å². The number of hydrogen-bond donors (Lipinski definition) is 1. The van der Waals surface area contributed by atoms with Gasteiger partial charge in [-0.15, -0.1) is 0 Å². The molecule has 7 nitrogen and oxygen atoms in total. The van der Waals surface area contributed by atoms with Crippen LogP contribution in [0.15, 0.2) is 82.0 Å². The van der Waals surface area contributed by atoms with Crippen molar-refractivity contribution in [3.63, 3.8) is 0 Å². The van der Waals surface area contributed by atoms with Gasteiger partial charge in [-0.2, -0.15) is 0 Å². The Balaban J connectivity index is 1.30. The second kappa shape index (κ2) is 9.05. The largest absolute Gasteiger partial charge is 0.422 e. The Labute approximate surface area is 191 Å². The molecule has 33 heavy (non-hydrogen) atoms. The highest BCUT2D eigenvalue weighted by Gasteiger charge is 2.23. The van der Waals surface area contributed by atoms with Gasteiger partial charge in [0, 0.05) is 32.7 Å². The summed E-state index contributed by atoms with van der Waals surface area (Å²) in [6.45, 7) is 4.17. The van der Waals surface area contributed by atoms with Gasteiger partial charge in [0.2, 0.25) is 0 Å². The number of aldehydes is 1. The summed E-state index contributed by atoms with van der Waals surface area (Å²) in [6, 6.07) is 24.4. The van der Waals surface area contributed by atoms with E-state index in [0.717, 1.165) is 43.0 Å². The maximum absolute atomic E-state index is 12.2. The Morgan fingerprint density at radius 2 is 1.64 bits per heavy atom. The topological polar surface area (TPSA) is 78.9 Å². The second-order valence-corrected chi connectivity index (χ2v) is 8.24. The number of nitrogens with zero attached hydrogens (tertiary/aromatic N) is 3. The van der Waals surface area contributed by atoms with Gasteiger partial charge in [-0.25, -0.2) is 9.36 Å². The maximum atomic E-state index is 12.2. The van der Waals surface area contributed by atoms with Crippen molar-refractivity contribution in [2.24, 2.45) is 0 Å². The molecule has 0 bridgehead atoms. The Hall–Kier alpha value is -3.68. The molecule has 5 rings (SSSR count). The van der Waals surface area contributed by atoms with Gasteiger partial charge in [-0.3, -0.25) is 9.69 Å². The number of anilines is 1. The number of oxazole rings is 1. The highest BCUT2D eigenvalue weighted by molar-refractivity contribution is 5.87. The lowest BCUT2D eigenvalue weighted by molar-refractivity contribution is -0.118. The molecular formula is C26H25N3O4. The van der Waals surface area contributed by atoms with Gasteiger partial charge in [0.25, 0.3) is 0 Å². The fourth-order valence-electron chi connectivity index (χ4n) is 4.49. The van der Waals surface area contributed by atoms with Crippen LogP contribution in [0.4, 0.5) is 5.69 Å². The zero-order chi connectivity index (χ0) is 22.8. The van der Waals surface area contributed by atoms with E-state index in [1.165, 1.54) is 16.7 Å². The fraction of sp³-hybridized carbons (Fsp3) is 0.231. The number of rotatable bonds is 6. The summed E-state index contributed by atoms with van der Waals surface area (Å²) in [4.78, 5) is 27.8. The van der Waals surface area contributed by atoms with E-state index >= 15 is 0 Å². The molecule has 168 valence electrons. The third-order valence-corrected chi connectivity index (χ3v) is 6.16. The van der Waals surface area contributed by atoms with Gasteiger partial charge >= 0.3 is 5.76 Å². The van der Waals surface area contributed by atoms with Crippen LogP contribution in [-0.2, 0) is 11.3 Å². The number of carbonyl (C=O) groups excluding carboxylic acids is 1. The van der Waals surface area contributed by atoms with Crippen LogP contribution in [0.1, 0.15) is 11.8 Å². The van der Waals surface area contributed by atoms with Crippen LogP contribution >= 0.6 is 0 Å². The van der Waals surface area contributed by atoms with Crippen molar-refractivity contribution in [1.82, 2.24) is 9.47 Å². The van der Waals surface area contributed by atoms with E-state index in [9.17, 15) is 14.7 Å². The second-order valence-electron chi connectivity index (χ2n) is 8.24. The van der Waals surface area contributed by atoms with Crippen LogP contribution in [-0.4, -0.2) is 47.0 Å². The summed E-state index contributed by atoms with van der Waals surface area (Å²) in [7, 11) is 0. The zero-order valence-electron chi connectivity index (χ0n) is 18.1. The van der Waals surface area contributed by atoms with Gasteiger partial charge in [-0.1, -0.05) is 54.6 Å². The number of aromatic nitrogens is 1. The first-order chi connectivity index (χ1) is 16.1. The molecule has 0 radical (unpaired) electrons. The first-order valence-corrected chi connectivity index (χ1v) is 11.0. The maximum Gasteiger partial charge on any atom is 0.422 e. The van der Waals surface area contributed by atoms with Gasteiger partial charge in [0.05, 0.1) is 11.2 Å². The smallest absolute Gasteiger partial charge is 0.405 e. The summed E-state index contributed by atoms with van der Waals surface area (Å²) < 4.78 is 6.39. The minimum absolute atomic E-state index is 0.314. The highest BCUT2D eigenvalue weighted by atomic mass is 16.4. The quantitative estimate of drug-likeness (QED) is 0.461. The number of hydrogen-bond acceptors (Lipinski definition) is 6. The predicted octanol–water partition coefficient (Wildman–Crippen LogP) is 3.27. The molecule has 1 atom stereocenters. The van der Waals surface area contributed by atoms with Gasteiger partial charge in [-0.05, 0) is 34.9 Å². The predicted molar refractivity (Wildman–Crippen MR) is 127 cm³/mol. The number of aliphatic hydroxyl groups excluding tert-OH is 1. The molecule has 0 saturated carbocycles. The Kier molecular flexibility index (Phi) is 5.81. The highest BCUT2D eigenvalue weighted by Crippen LogP contribution is 2.28. The molecule has 1 aromatic heterocycles.